The Balaban J connectivity index is 1.65. The van der Waals surface area contributed by atoms with Gasteiger partial charge in [0.25, 0.3) is 5.91 Å². The summed E-state index contributed by atoms with van der Waals surface area (Å²) >= 11 is 5.94. The molecule has 33 heavy (non-hydrogen) atoms. The van der Waals surface area contributed by atoms with E-state index in [1.165, 1.54) is 30.1 Å². The van der Waals surface area contributed by atoms with Crippen molar-refractivity contribution >= 4 is 33.2 Å². The van der Waals surface area contributed by atoms with Crippen LogP contribution in [-0.4, -0.2) is 36.0 Å². The van der Waals surface area contributed by atoms with Crippen LogP contribution in [0, 0.1) is 11.6 Å². The molecule has 0 fully saturated rings. The number of benzene rings is 1. The smallest absolute Gasteiger partial charge is 0.276 e. The molecule has 2 aromatic heterocycles. The summed E-state index contributed by atoms with van der Waals surface area (Å²) in [7, 11) is -2.59. The fraction of sp³-hybridized carbons (Fsp3) is 0.238. The summed E-state index contributed by atoms with van der Waals surface area (Å²) in [6.07, 6.45) is 3.02. The fourth-order valence-electron chi connectivity index (χ4n) is 3.66. The van der Waals surface area contributed by atoms with Crippen molar-refractivity contribution in [1.82, 2.24) is 14.3 Å². The van der Waals surface area contributed by atoms with Crippen LogP contribution in [0.15, 0.2) is 47.6 Å². The van der Waals surface area contributed by atoms with Gasteiger partial charge < -0.3 is 14.6 Å². The number of carbonyl (C=O) groups excluding carboxylic acids is 1. The maximum atomic E-state index is 13.5. The number of sulfonamides is 1. The molecule has 0 radical (unpaired) electrons. The van der Waals surface area contributed by atoms with Crippen LogP contribution >= 0.6 is 11.6 Å². The summed E-state index contributed by atoms with van der Waals surface area (Å²) in [6.45, 7) is 1.58. The highest BCUT2D eigenvalue weighted by Crippen LogP contribution is 2.35. The van der Waals surface area contributed by atoms with Gasteiger partial charge in [-0.25, -0.2) is 26.9 Å². The molecule has 1 aliphatic heterocycles. The van der Waals surface area contributed by atoms with E-state index in [1.807, 2.05) is 0 Å². The Hall–Kier alpha value is -3.02. The monoisotopic (exact) mass is 496 g/mol. The highest BCUT2D eigenvalue weighted by Gasteiger charge is 2.40. The van der Waals surface area contributed by atoms with E-state index in [9.17, 15) is 22.0 Å². The first-order valence-electron chi connectivity index (χ1n) is 9.70. The Labute approximate surface area is 193 Å². The van der Waals surface area contributed by atoms with Crippen LogP contribution in [0.1, 0.15) is 23.0 Å². The molecular formula is C21H19ClF2N4O4S. The molecule has 2 N–H and O–H groups in total. The van der Waals surface area contributed by atoms with Gasteiger partial charge in [-0.2, -0.15) is 0 Å². The van der Waals surface area contributed by atoms with Crippen LogP contribution in [0.25, 0.3) is 0 Å². The summed E-state index contributed by atoms with van der Waals surface area (Å²) in [5.41, 5.74) is -0.395. The number of rotatable bonds is 4. The number of hydrogen-bond acceptors (Lipinski definition) is 5. The van der Waals surface area contributed by atoms with E-state index in [4.69, 9.17) is 16.3 Å². The van der Waals surface area contributed by atoms with Crippen LogP contribution in [0.5, 0.6) is 5.75 Å². The zero-order chi connectivity index (χ0) is 24.0. The molecule has 8 nitrogen and oxygen atoms in total. The van der Waals surface area contributed by atoms with Crippen molar-refractivity contribution in [1.29, 1.82) is 0 Å². The Bertz CT molecular complexity index is 1360. The maximum Gasteiger partial charge on any atom is 0.276 e. The van der Waals surface area contributed by atoms with E-state index in [0.717, 1.165) is 17.7 Å². The molecule has 1 amide bonds. The lowest BCUT2D eigenvalue weighted by atomic mass is 9.95. The van der Waals surface area contributed by atoms with Crippen molar-refractivity contribution in [2.45, 2.75) is 23.8 Å². The average molecular weight is 497 g/mol. The van der Waals surface area contributed by atoms with Crippen LogP contribution in [0.2, 0.25) is 5.15 Å². The van der Waals surface area contributed by atoms with Crippen molar-refractivity contribution < 1.29 is 26.7 Å². The molecule has 1 atom stereocenters. The molecule has 1 unspecified atom stereocenters. The van der Waals surface area contributed by atoms with Crippen LogP contribution in [0.4, 0.5) is 14.5 Å². The number of pyridine rings is 1. The predicted octanol–water partition coefficient (Wildman–Crippen LogP) is 3.28. The summed E-state index contributed by atoms with van der Waals surface area (Å²) in [4.78, 5) is 16.6. The van der Waals surface area contributed by atoms with Crippen molar-refractivity contribution in [3.8, 4) is 5.75 Å². The van der Waals surface area contributed by atoms with E-state index in [-0.39, 0.29) is 40.2 Å². The summed E-state index contributed by atoms with van der Waals surface area (Å²) < 4.78 is 62.7. The van der Waals surface area contributed by atoms with Crippen molar-refractivity contribution in [3.63, 3.8) is 0 Å². The van der Waals surface area contributed by atoms with Gasteiger partial charge in [0, 0.05) is 31.2 Å². The van der Waals surface area contributed by atoms with Crippen LogP contribution in [0.3, 0.4) is 0 Å². The van der Waals surface area contributed by atoms with Gasteiger partial charge in [0.15, 0.2) is 23.1 Å². The minimum absolute atomic E-state index is 0.00265. The summed E-state index contributed by atoms with van der Waals surface area (Å²) in [5.74, 6) is -3.07. The lowest BCUT2D eigenvalue weighted by Gasteiger charge is -2.28. The highest BCUT2D eigenvalue weighted by atomic mass is 35.5. The quantitative estimate of drug-likeness (QED) is 0.540. The molecule has 1 aliphatic rings. The van der Waals surface area contributed by atoms with E-state index >= 15 is 0 Å². The second-order valence-electron chi connectivity index (χ2n) is 7.98. The third-order valence-electron chi connectivity index (χ3n) is 5.09. The van der Waals surface area contributed by atoms with Crippen LogP contribution in [-0.2, 0) is 23.5 Å². The van der Waals surface area contributed by atoms with Gasteiger partial charge in [-0.1, -0.05) is 11.6 Å². The van der Waals surface area contributed by atoms with Crippen molar-refractivity contribution in [2.24, 2.45) is 7.05 Å². The molecular weight excluding hydrogens is 478 g/mol. The molecule has 0 aliphatic carbocycles. The minimum atomic E-state index is -4.07. The lowest BCUT2D eigenvalue weighted by Crippen LogP contribution is -2.50. The largest absolute Gasteiger partial charge is 0.488 e. The molecule has 4 rings (SSSR count). The predicted molar refractivity (Wildman–Crippen MR) is 117 cm³/mol. The Morgan fingerprint density at radius 3 is 2.76 bits per heavy atom. The molecule has 12 heteroatoms. The van der Waals surface area contributed by atoms with Crippen LogP contribution < -0.4 is 14.8 Å². The van der Waals surface area contributed by atoms with Gasteiger partial charge in [-0.15, -0.1) is 0 Å². The normalized spacial score (nSPS) is 19.3. The van der Waals surface area contributed by atoms with E-state index in [1.54, 1.807) is 19.1 Å². The SMILES string of the molecule is Cn1cc2c(c1C(=O)Nc1ccc(F)c(F)c1)OCC(C)(Cc1ccnc(Cl)c1)NS2(=O)=O. The number of nitrogens with zero attached hydrogens (tertiary/aromatic N) is 2. The maximum absolute atomic E-state index is 13.5. The number of aromatic nitrogens is 2. The molecule has 0 bridgehead atoms. The minimum Gasteiger partial charge on any atom is -0.488 e. The molecule has 1 aromatic carbocycles. The zero-order valence-electron chi connectivity index (χ0n) is 17.5. The first-order chi connectivity index (χ1) is 15.5. The molecule has 0 spiro atoms. The molecule has 0 saturated carbocycles. The van der Waals surface area contributed by atoms with E-state index < -0.39 is 33.1 Å². The third-order valence-corrected chi connectivity index (χ3v) is 6.92. The van der Waals surface area contributed by atoms with E-state index in [2.05, 4.69) is 15.0 Å². The number of nitrogens with one attached hydrogen (secondary N) is 2. The van der Waals surface area contributed by atoms with Gasteiger partial charge in [0.2, 0.25) is 10.0 Å². The third kappa shape index (κ3) is 4.70. The fourth-order valence-corrected chi connectivity index (χ4v) is 5.45. The number of carbonyl (C=O) groups is 1. The topological polar surface area (TPSA) is 102 Å². The number of ether oxygens (including phenoxy) is 1. The number of fused-ring (bicyclic) bond motifs is 1. The summed E-state index contributed by atoms with van der Waals surface area (Å²) in [6, 6.07) is 6.22. The van der Waals surface area contributed by atoms with Crippen molar-refractivity contribution in [3.05, 3.63) is 70.8 Å². The Morgan fingerprint density at radius 2 is 2.06 bits per heavy atom. The van der Waals surface area contributed by atoms with E-state index in [0.29, 0.717) is 0 Å². The first-order valence-corrected chi connectivity index (χ1v) is 11.6. The lowest BCUT2D eigenvalue weighted by molar-refractivity contribution is 0.101. The standard InChI is InChI=1S/C21H19ClF2N4O4S/c1-21(9-12-5-6-25-17(22)7-12)11-32-19-16(33(30,31)27-21)10-28(2)18(19)20(29)26-13-3-4-14(23)15(24)8-13/h3-8,10,27H,9,11H2,1-2H3,(H,26,29). The zero-order valence-corrected chi connectivity index (χ0v) is 19.1. The first kappa shape index (κ1) is 23.1. The summed E-state index contributed by atoms with van der Waals surface area (Å²) in [5, 5.41) is 2.71. The second-order valence-corrected chi connectivity index (χ2v) is 10.0. The number of anilines is 1. The molecule has 174 valence electrons. The second kappa shape index (κ2) is 8.40. The Morgan fingerprint density at radius 1 is 1.30 bits per heavy atom. The highest BCUT2D eigenvalue weighted by molar-refractivity contribution is 7.89. The van der Waals surface area contributed by atoms with Gasteiger partial charge in [0.1, 0.15) is 16.7 Å². The van der Waals surface area contributed by atoms with Gasteiger partial charge in [-0.05, 0) is 43.2 Å². The molecule has 3 aromatic rings. The Kier molecular flexibility index (Phi) is 5.89. The number of aryl methyl sites for hydroxylation is 1. The number of hydrogen-bond donors (Lipinski definition) is 2. The van der Waals surface area contributed by atoms with Gasteiger partial charge >= 0.3 is 0 Å². The average Bonchev–Trinajstić information content (AvgIpc) is 3.02. The molecule has 0 saturated heterocycles. The number of amides is 1. The number of halogens is 3. The van der Waals surface area contributed by atoms with Gasteiger partial charge in [-0.3, -0.25) is 4.79 Å². The molecule has 3 heterocycles. The van der Waals surface area contributed by atoms with Gasteiger partial charge in [0.05, 0.1) is 5.54 Å². The van der Waals surface area contributed by atoms with Crippen molar-refractivity contribution in [2.75, 3.05) is 11.9 Å².